The van der Waals surface area contributed by atoms with E-state index in [1.807, 2.05) is 34.5 Å². The van der Waals surface area contributed by atoms with Crippen LogP contribution in [0.2, 0.25) is 0 Å². The first-order valence-electron chi connectivity index (χ1n) is 10.1. The Morgan fingerprint density at radius 1 is 1.28 bits per heavy atom. The van der Waals surface area contributed by atoms with Gasteiger partial charge in [-0.05, 0) is 43.8 Å². The van der Waals surface area contributed by atoms with Gasteiger partial charge in [-0.2, -0.15) is 17.0 Å². The molecule has 0 amide bonds. The Balaban J connectivity index is 1.54. The van der Waals surface area contributed by atoms with Crippen molar-refractivity contribution in [3.8, 4) is 6.07 Å². The number of pyridine rings is 2. The van der Waals surface area contributed by atoms with Crippen LogP contribution in [0, 0.1) is 17.2 Å². The lowest BCUT2D eigenvalue weighted by Gasteiger charge is -2.43. The van der Waals surface area contributed by atoms with Gasteiger partial charge in [0.05, 0.1) is 5.56 Å². The van der Waals surface area contributed by atoms with Gasteiger partial charge in [-0.3, -0.25) is 4.79 Å². The minimum absolute atomic E-state index is 0.179. The number of nitrogens with zero attached hydrogens (tertiary/aromatic N) is 5. The van der Waals surface area contributed by atoms with E-state index >= 15 is 0 Å². The zero-order chi connectivity index (χ0) is 20.4. The number of rotatable bonds is 6. The first-order valence-corrected chi connectivity index (χ1v) is 11.5. The SMILES string of the molecule is CSCCN(C)Cc1ccc2n(c1=O)C[C@H]1C[C@@H]2CN(c2ccc(C#N)cn2)C1. The molecule has 2 bridgehead atoms. The van der Waals surface area contributed by atoms with Crippen molar-refractivity contribution in [2.24, 2.45) is 5.92 Å². The number of piperidine rings is 1. The van der Waals surface area contributed by atoms with Crippen molar-refractivity contribution >= 4 is 17.6 Å². The Hall–Kier alpha value is -2.30. The van der Waals surface area contributed by atoms with Crippen molar-refractivity contribution in [3.63, 3.8) is 0 Å². The van der Waals surface area contributed by atoms with Gasteiger partial charge in [0, 0.05) is 61.8 Å². The molecule has 0 saturated carbocycles. The standard InChI is InChI=1S/C22H27N5OS/c1-25(7-8-29-2)14-18-4-5-20-19-9-17(13-27(20)22(18)28)12-26(15-19)21-6-3-16(10-23)11-24-21/h3-6,11,17,19H,7-9,12-15H2,1-2H3/t17-,19+/m0/s1. The lowest BCUT2D eigenvalue weighted by molar-refractivity contribution is 0.277. The van der Waals surface area contributed by atoms with Gasteiger partial charge in [0.2, 0.25) is 0 Å². The van der Waals surface area contributed by atoms with Crippen molar-refractivity contribution in [2.45, 2.75) is 25.4 Å². The van der Waals surface area contributed by atoms with E-state index in [0.717, 1.165) is 55.4 Å². The number of aromatic nitrogens is 2. The fraction of sp³-hybridized carbons (Fsp3) is 0.500. The van der Waals surface area contributed by atoms with Crippen LogP contribution in [0.1, 0.15) is 29.2 Å². The molecular weight excluding hydrogens is 382 g/mol. The number of fused-ring (bicyclic) bond motifs is 4. The second-order valence-electron chi connectivity index (χ2n) is 8.15. The lowest BCUT2D eigenvalue weighted by Crippen LogP contribution is -2.48. The number of thioether (sulfide) groups is 1. The molecule has 1 fully saturated rings. The van der Waals surface area contributed by atoms with E-state index in [1.54, 1.807) is 6.20 Å². The zero-order valence-electron chi connectivity index (χ0n) is 17.0. The molecule has 0 aromatic carbocycles. The van der Waals surface area contributed by atoms with Gasteiger partial charge in [-0.15, -0.1) is 0 Å². The quantitative estimate of drug-likeness (QED) is 0.731. The van der Waals surface area contributed by atoms with Crippen LogP contribution in [-0.2, 0) is 13.1 Å². The van der Waals surface area contributed by atoms with Crippen molar-refractivity contribution in [3.05, 3.63) is 57.6 Å². The van der Waals surface area contributed by atoms with Gasteiger partial charge >= 0.3 is 0 Å². The zero-order valence-corrected chi connectivity index (χ0v) is 17.9. The molecule has 0 spiro atoms. The Morgan fingerprint density at radius 2 is 2.14 bits per heavy atom. The minimum Gasteiger partial charge on any atom is -0.356 e. The van der Waals surface area contributed by atoms with Crippen LogP contribution in [-0.4, -0.2) is 53.1 Å². The van der Waals surface area contributed by atoms with E-state index in [4.69, 9.17) is 5.26 Å². The van der Waals surface area contributed by atoms with Crippen molar-refractivity contribution in [1.29, 1.82) is 5.26 Å². The molecule has 0 N–H and O–H groups in total. The summed E-state index contributed by atoms with van der Waals surface area (Å²) in [4.78, 5) is 22.2. The normalized spacial score (nSPS) is 20.4. The van der Waals surface area contributed by atoms with Gasteiger partial charge < -0.3 is 14.4 Å². The van der Waals surface area contributed by atoms with Gasteiger partial charge in [0.1, 0.15) is 11.9 Å². The third-order valence-electron chi connectivity index (χ3n) is 6.00. The summed E-state index contributed by atoms with van der Waals surface area (Å²) in [5.74, 6) is 2.78. The van der Waals surface area contributed by atoms with Crippen molar-refractivity contribution in [2.75, 3.05) is 43.6 Å². The molecule has 6 nitrogen and oxygen atoms in total. The van der Waals surface area contributed by atoms with Crippen LogP contribution in [0.5, 0.6) is 0 Å². The average Bonchev–Trinajstić information content (AvgIpc) is 2.74. The summed E-state index contributed by atoms with van der Waals surface area (Å²) >= 11 is 1.83. The predicted octanol–water partition coefficient (Wildman–Crippen LogP) is 2.53. The maximum Gasteiger partial charge on any atom is 0.255 e. The molecule has 2 atom stereocenters. The summed E-state index contributed by atoms with van der Waals surface area (Å²) in [7, 11) is 2.08. The summed E-state index contributed by atoms with van der Waals surface area (Å²) in [6.07, 6.45) is 4.87. The Morgan fingerprint density at radius 3 is 2.86 bits per heavy atom. The molecule has 1 saturated heterocycles. The van der Waals surface area contributed by atoms with Crippen LogP contribution in [0.25, 0.3) is 0 Å². The topological polar surface area (TPSA) is 65.2 Å². The Labute approximate surface area is 176 Å². The minimum atomic E-state index is 0.179. The molecule has 2 aromatic rings. The van der Waals surface area contributed by atoms with Crippen LogP contribution in [0.3, 0.4) is 0 Å². The van der Waals surface area contributed by atoms with E-state index in [1.165, 1.54) is 0 Å². The number of hydrogen-bond acceptors (Lipinski definition) is 6. The number of anilines is 1. The fourth-order valence-electron chi connectivity index (χ4n) is 4.55. The maximum atomic E-state index is 13.2. The molecule has 0 unspecified atom stereocenters. The first-order chi connectivity index (χ1) is 14.1. The lowest BCUT2D eigenvalue weighted by atomic mass is 9.83. The van der Waals surface area contributed by atoms with Crippen LogP contribution < -0.4 is 10.5 Å². The van der Waals surface area contributed by atoms with Crippen LogP contribution in [0.15, 0.2) is 35.3 Å². The second kappa shape index (κ2) is 8.60. The summed E-state index contributed by atoms with van der Waals surface area (Å²) in [5, 5.41) is 8.98. The molecule has 0 radical (unpaired) electrons. The van der Waals surface area contributed by atoms with E-state index in [9.17, 15) is 4.79 Å². The largest absolute Gasteiger partial charge is 0.356 e. The molecular formula is C22H27N5OS. The van der Waals surface area contributed by atoms with E-state index < -0.39 is 0 Å². The van der Waals surface area contributed by atoms with E-state index in [0.29, 0.717) is 23.9 Å². The third kappa shape index (κ3) is 4.19. The molecule has 2 aliphatic heterocycles. The fourth-order valence-corrected chi connectivity index (χ4v) is 5.05. The second-order valence-corrected chi connectivity index (χ2v) is 9.14. The highest BCUT2D eigenvalue weighted by atomic mass is 32.2. The number of hydrogen-bond donors (Lipinski definition) is 0. The molecule has 29 heavy (non-hydrogen) atoms. The van der Waals surface area contributed by atoms with E-state index in [-0.39, 0.29) is 5.56 Å². The third-order valence-corrected chi connectivity index (χ3v) is 6.59. The summed E-state index contributed by atoms with van der Waals surface area (Å²) < 4.78 is 2.03. The van der Waals surface area contributed by atoms with E-state index in [2.05, 4.69) is 40.2 Å². The molecule has 2 aromatic heterocycles. The summed E-state index contributed by atoms with van der Waals surface area (Å²) in [6.45, 7) is 4.23. The summed E-state index contributed by atoms with van der Waals surface area (Å²) in [5.41, 5.74) is 2.80. The number of nitriles is 1. The molecule has 4 rings (SSSR count). The monoisotopic (exact) mass is 409 g/mol. The molecule has 7 heteroatoms. The van der Waals surface area contributed by atoms with Gasteiger partial charge in [0.15, 0.2) is 0 Å². The van der Waals surface area contributed by atoms with Gasteiger partial charge in [-0.1, -0.05) is 6.07 Å². The molecule has 2 aliphatic rings. The summed E-state index contributed by atoms with van der Waals surface area (Å²) in [6, 6.07) is 10.1. The van der Waals surface area contributed by atoms with Crippen molar-refractivity contribution < 1.29 is 0 Å². The maximum absolute atomic E-state index is 13.2. The average molecular weight is 410 g/mol. The van der Waals surface area contributed by atoms with Crippen LogP contribution >= 0.6 is 11.8 Å². The highest BCUT2D eigenvalue weighted by molar-refractivity contribution is 7.98. The molecule has 0 aliphatic carbocycles. The predicted molar refractivity (Wildman–Crippen MR) is 117 cm³/mol. The van der Waals surface area contributed by atoms with Gasteiger partial charge in [-0.25, -0.2) is 4.98 Å². The smallest absolute Gasteiger partial charge is 0.255 e. The Kier molecular flexibility index (Phi) is 5.93. The molecule has 4 heterocycles. The van der Waals surface area contributed by atoms with Crippen LogP contribution in [0.4, 0.5) is 5.82 Å². The van der Waals surface area contributed by atoms with Crippen molar-refractivity contribution in [1.82, 2.24) is 14.5 Å². The first kappa shape index (κ1) is 20.0. The highest BCUT2D eigenvalue weighted by Gasteiger charge is 2.35. The van der Waals surface area contributed by atoms with Gasteiger partial charge in [0.25, 0.3) is 5.56 Å². The molecule has 152 valence electrons. The highest BCUT2D eigenvalue weighted by Crippen LogP contribution is 2.36. The Bertz CT molecular complexity index is 965.